The minimum absolute atomic E-state index is 0.00487. The summed E-state index contributed by atoms with van der Waals surface area (Å²) < 4.78 is 5.26. The number of carboxylic acid groups (broad SMARTS) is 1. The average molecular weight is 338 g/mol. The molecule has 1 rings (SSSR count). The van der Waals surface area contributed by atoms with Gasteiger partial charge in [-0.05, 0) is 23.6 Å². The summed E-state index contributed by atoms with van der Waals surface area (Å²) in [4.78, 5) is 10.6. The van der Waals surface area contributed by atoms with Gasteiger partial charge in [0.2, 0.25) is 0 Å². The molecule has 0 saturated heterocycles. The van der Waals surface area contributed by atoms with Gasteiger partial charge in [-0.25, -0.2) is 0 Å². The molecule has 0 heterocycles. The molecule has 0 aliphatic rings. The molecule has 1 unspecified atom stereocenters. The van der Waals surface area contributed by atoms with Crippen LogP contribution in [0.2, 0.25) is 0 Å². The second kappa shape index (κ2) is 6.22. The highest BCUT2D eigenvalue weighted by Gasteiger charge is 2.10. The SMILES string of the molecule is CC(CC(=O)O)c1cccc(OSI)c1. The molecule has 1 atom stereocenters. The van der Waals surface area contributed by atoms with Gasteiger partial charge in [0.15, 0.2) is 0 Å². The fourth-order valence-electron chi connectivity index (χ4n) is 1.29. The Balaban J connectivity index is 2.75. The molecule has 3 nitrogen and oxygen atoms in total. The topological polar surface area (TPSA) is 46.5 Å². The third-order valence-electron chi connectivity index (χ3n) is 2.04. The first-order valence-electron chi connectivity index (χ1n) is 4.40. The van der Waals surface area contributed by atoms with Crippen LogP contribution >= 0.6 is 30.4 Å². The number of hydrogen-bond acceptors (Lipinski definition) is 3. The zero-order chi connectivity index (χ0) is 11.3. The van der Waals surface area contributed by atoms with Gasteiger partial charge in [-0.3, -0.25) is 4.79 Å². The summed E-state index contributed by atoms with van der Waals surface area (Å²) in [5, 5.41) is 8.68. The first-order chi connectivity index (χ1) is 7.13. The van der Waals surface area contributed by atoms with Crippen molar-refractivity contribution in [1.29, 1.82) is 0 Å². The Morgan fingerprint density at radius 2 is 2.40 bits per heavy atom. The molecule has 5 heteroatoms. The largest absolute Gasteiger partial charge is 0.481 e. The average Bonchev–Trinajstić information content (AvgIpc) is 2.17. The summed E-state index contributed by atoms with van der Waals surface area (Å²) in [5.74, 6) is -0.0218. The second-order valence-corrected chi connectivity index (χ2v) is 4.59. The monoisotopic (exact) mass is 338 g/mol. The summed E-state index contributed by atoms with van der Waals surface area (Å²) in [6.45, 7) is 1.89. The Hall–Kier alpha value is -0.430. The van der Waals surface area contributed by atoms with Crippen molar-refractivity contribution in [2.24, 2.45) is 0 Å². The highest BCUT2D eigenvalue weighted by Crippen LogP contribution is 2.26. The van der Waals surface area contributed by atoms with Crippen molar-refractivity contribution >= 4 is 36.4 Å². The minimum atomic E-state index is -0.780. The number of carbonyl (C=O) groups is 1. The van der Waals surface area contributed by atoms with Crippen LogP contribution in [0.3, 0.4) is 0 Å². The normalized spacial score (nSPS) is 12.1. The molecule has 0 spiro atoms. The van der Waals surface area contributed by atoms with E-state index in [0.29, 0.717) is 0 Å². The minimum Gasteiger partial charge on any atom is -0.481 e. The first kappa shape index (κ1) is 12.6. The third kappa shape index (κ3) is 4.29. The molecule has 0 fully saturated rings. The Kier molecular flexibility index (Phi) is 5.24. The number of carboxylic acids is 1. The van der Waals surface area contributed by atoms with Gasteiger partial charge in [-0.2, -0.15) is 0 Å². The standard InChI is InChI=1S/C10H11IO3S/c1-7(5-10(12)13)8-3-2-4-9(6-8)14-15-11/h2-4,6-7H,5H2,1H3,(H,12,13). The predicted octanol–water partition coefficient (Wildman–Crippen LogP) is 3.64. The van der Waals surface area contributed by atoms with E-state index in [1.54, 1.807) is 0 Å². The molecule has 0 amide bonds. The van der Waals surface area contributed by atoms with Crippen LogP contribution in [0.15, 0.2) is 24.3 Å². The molecule has 0 aliphatic carbocycles. The first-order valence-corrected chi connectivity index (χ1v) is 7.69. The van der Waals surface area contributed by atoms with Crippen LogP contribution < -0.4 is 4.18 Å². The van der Waals surface area contributed by atoms with E-state index < -0.39 is 5.97 Å². The number of rotatable bonds is 5. The van der Waals surface area contributed by atoms with Crippen molar-refractivity contribution in [1.82, 2.24) is 0 Å². The lowest BCUT2D eigenvalue weighted by molar-refractivity contribution is -0.137. The molecule has 82 valence electrons. The van der Waals surface area contributed by atoms with Crippen molar-refractivity contribution in [3.8, 4) is 5.75 Å². The van der Waals surface area contributed by atoms with Crippen molar-refractivity contribution in [2.45, 2.75) is 19.3 Å². The van der Waals surface area contributed by atoms with E-state index in [1.807, 2.05) is 52.4 Å². The second-order valence-electron chi connectivity index (χ2n) is 3.22. The van der Waals surface area contributed by atoms with Gasteiger partial charge in [0.05, 0.1) is 6.42 Å². The molecular formula is C10H11IO3S. The number of halogens is 1. The molecule has 0 saturated carbocycles. The zero-order valence-corrected chi connectivity index (χ0v) is 11.1. The van der Waals surface area contributed by atoms with E-state index in [-0.39, 0.29) is 12.3 Å². The van der Waals surface area contributed by atoms with Crippen LogP contribution in [0.5, 0.6) is 5.75 Å². The van der Waals surface area contributed by atoms with E-state index in [0.717, 1.165) is 11.3 Å². The van der Waals surface area contributed by atoms with Crippen LogP contribution in [-0.2, 0) is 4.79 Å². The van der Waals surface area contributed by atoms with Gasteiger partial charge >= 0.3 is 5.97 Å². The zero-order valence-electron chi connectivity index (χ0n) is 8.14. The highest BCUT2D eigenvalue weighted by molar-refractivity contribution is 14.2. The molecule has 15 heavy (non-hydrogen) atoms. The van der Waals surface area contributed by atoms with E-state index in [4.69, 9.17) is 9.29 Å². The van der Waals surface area contributed by atoms with E-state index in [9.17, 15) is 4.79 Å². The van der Waals surface area contributed by atoms with Gasteiger partial charge in [0.25, 0.3) is 0 Å². The fraction of sp³-hybridized carbons (Fsp3) is 0.300. The Labute approximate surface area is 105 Å². The van der Waals surface area contributed by atoms with Gasteiger partial charge in [0.1, 0.15) is 15.0 Å². The summed E-state index contributed by atoms with van der Waals surface area (Å²) in [6, 6.07) is 7.51. The summed E-state index contributed by atoms with van der Waals surface area (Å²) >= 11 is 2.04. The molecule has 0 radical (unpaired) electrons. The van der Waals surface area contributed by atoms with Gasteiger partial charge < -0.3 is 9.29 Å². The van der Waals surface area contributed by atoms with E-state index in [2.05, 4.69) is 0 Å². The number of benzene rings is 1. The van der Waals surface area contributed by atoms with E-state index >= 15 is 0 Å². The Bertz CT molecular complexity index is 343. The van der Waals surface area contributed by atoms with Gasteiger partial charge in [-0.15, -0.1) is 0 Å². The maximum atomic E-state index is 10.6. The van der Waals surface area contributed by atoms with Crippen LogP contribution in [0, 0.1) is 0 Å². The smallest absolute Gasteiger partial charge is 0.303 e. The molecule has 0 bridgehead atoms. The molecular weight excluding hydrogens is 327 g/mol. The molecule has 1 aromatic rings. The van der Waals surface area contributed by atoms with Gasteiger partial charge in [-0.1, -0.05) is 19.1 Å². The van der Waals surface area contributed by atoms with Crippen molar-refractivity contribution in [3.63, 3.8) is 0 Å². The van der Waals surface area contributed by atoms with Crippen LogP contribution in [0.1, 0.15) is 24.8 Å². The van der Waals surface area contributed by atoms with Crippen LogP contribution in [0.4, 0.5) is 0 Å². The summed E-state index contributed by atoms with van der Waals surface area (Å²) in [7, 11) is 1.24. The van der Waals surface area contributed by atoms with Crippen LogP contribution in [0.25, 0.3) is 0 Å². The van der Waals surface area contributed by atoms with E-state index in [1.165, 1.54) is 9.21 Å². The van der Waals surface area contributed by atoms with Crippen molar-refractivity contribution < 1.29 is 14.1 Å². The lowest BCUT2D eigenvalue weighted by Gasteiger charge is -2.10. The number of aliphatic carboxylic acids is 1. The maximum absolute atomic E-state index is 10.6. The fourth-order valence-corrected chi connectivity index (χ4v) is 2.09. The maximum Gasteiger partial charge on any atom is 0.303 e. The van der Waals surface area contributed by atoms with Crippen molar-refractivity contribution in [2.75, 3.05) is 0 Å². The molecule has 0 aromatic heterocycles. The molecule has 1 aromatic carbocycles. The Morgan fingerprint density at radius 1 is 1.67 bits per heavy atom. The van der Waals surface area contributed by atoms with Crippen molar-refractivity contribution in [3.05, 3.63) is 29.8 Å². The summed E-state index contributed by atoms with van der Waals surface area (Å²) in [6.07, 6.45) is 0.140. The highest BCUT2D eigenvalue weighted by atomic mass is 127. The van der Waals surface area contributed by atoms with Crippen LogP contribution in [-0.4, -0.2) is 11.1 Å². The summed E-state index contributed by atoms with van der Waals surface area (Å²) in [5.41, 5.74) is 0.986. The molecule has 1 N–H and O–H groups in total. The number of hydrogen-bond donors (Lipinski definition) is 1. The Morgan fingerprint density at radius 3 is 3.00 bits per heavy atom. The van der Waals surface area contributed by atoms with Gasteiger partial charge in [0, 0.05) is 21.2 Å². The third-order valence-corrected chi connectivity index (χ3v) is 2.83. The lowest BCUT2D eigenvalue weighted by Crippen LogP contribution is -2.02. The lowest BCUT2D eigenvalue weighted by atomic mass is 9.98. The quantitative estimate of drug-likeness (QED) is 0.658. The predicted molar refractivity (Wildman–Crippen MR) is 69.3 cm³/mol. The molecule has 0 aliphatic heterocycles.